The van der Waals surface area contributed by atoms with Crippen molar-refractivity contribution in [1.29, 1.82) is 0 Å². The Balaban J connectivity index is 2.46. The van der Waals surface area contributed by atoms with Crippen LogP contribution in [0.2, 0.25) is 0 Å². The highest BCUT2D eigenvalue weighted by atomic mass is 127. The Kier molecular flexibility index (Phi) is 2.58. The van der Waals surface area contributed by atoms with E-state index in [1.54, 1.807) is 0 Å². The molecule has 1 nitrogen and oxygen atoms in total. The van der Waals surface area contributed by atoms with Gasteiger partial charge >= 0.3 is 0 Å². The molecule has 1 aliphatic heterocycles. The molecule has 0 aromatic rings. The predicted molar refractivity (Wildman–Crippen MR) is 47.1 cm³/mol. The van der Waals surface area contributed by atoms with Gasteiger partial charge in [-0.05, 0) is 13.1 Å². The van der Waals surface area contributed by atoms with Crippen LogP contribution in [0.25, 0.3) is 0 Å². The monoisotopic (exact) mass is 243 g/mol. The summed E-state index contributed by atoms with van der Waals surface area (Å²) < 4.78 is 16.1. The van der Waals surface area contributed by atoms with E-state index in [4.69, 9.17) is 0 Å². The number of piperidine rings is 1. The Morgan fingerprint density at radius 2 is 2.00 bits per heavy atom. The molecule has 1 aliphatic rings. The molecule has 54 valence electrons. The van der Waals surface area contributed by atoms with Gasteiger partial charge in [-0.25, -0.2) is 4.39 Å². The third-order valence-corrected chi connectivity index (χ3v) is 4.02. The maximum Gasteiger partial charge on any atom is 0.158 e. The lowest BCUT2D eigenvalue weighted by Crippen LogP contribution is -2.34. The average molecular weight is 243 g/mol. The number of halogens is 2. The fourth-order valence-electron chi connectivity index (χ4n) is 0.926. The molecule has 0 amide bonds. The molecule has 1 rings (SSSR count). The molecule has 3 heteroatoms. The van der Waals surface area contributed by atoms with E-state index in [0.717, 1.165) is 13.1 Å². The van der Waals surface area contributed by atoms with Gasteiger partial charge in [-0.15, -0.1) is 0 Å². The van der Waals surface area contributed by atoms with Crippen LogP contribution in [-0.4, -0.2) is 21.3 Å². The first kappa shape index (κ1) is 7.60. The van der Waals surface area contributed by atoms with Crippen LogP contribution in [-0.2, 0) is 0 Å². The molecule has 1 heterocycles. The Morgan fingerprint density at radius 3 is 2.33 bits per heavy atom. The number of alkyl halides is 2. The molecule has 1 saturated heterocycles. The summed E-state index contributed by atoms with van der Waals surface area (Å²) in [6, 6.07) is 0. The van der Waals surface area contributed by atoms with Gasteiger partial charge in [0.2, 0.25) is 0 Å². The normalized spacial score (nSPS) is 25.9. The fraction of sp³-hybridized carbons (Fsp3) is 0.833. The molecule has 0 aromatic heterocycles. The predicted octanol–water partition coefficient (Wildman–Crippen LogP) is 1.44. The van der Waals surface area contributed by atoms with Crippen molar-refractivity contribution in [2.45, 2.75) is 16.5 Å². The van der Waals surface area contributed by atoms with Crippen LogP contribution in [0.5, 0.6) is 0 Å². The summed E-state index contributed by atoms with van der Waals surface area (Å²) >= 11 is -0.454. The molecule has 1 N–H and O–H groups in total. The minimum absolute atomic E-state index is 0.454. The van der Waals surface area contributed by atoms with E-state index in [-0.39, 0.29) is 0 Å². The lowest BCUT2D eigenvalue weighted by Gasteiger charge is -2.25. The smallest absolute Gasteiger partial charge is 0.158 e. The molecule has 0 aromatic carbocycles. The highest BCUT2D eigenvalue weighted by molar-refractivity contribution is 14.2. The summed E-state index contributed by atoms with van der Waals surface area (Å²) in [5, 5.41) is 3.12. The average Bonchev–Trinajstić information content (AvgIpc) is 1.90. The van der Waals surface area contributed by atoms with Gasteiger partial charge in [0.25, 0.3) is 0 Å². The van der Waals surface area contributed by atoms with Gasteiger partial charge in [0, 0.05) is 12.8 Å². The topological polar surface area (TPSA) is 12.0 Å². The lowest BCUT2D eigenvalue weighted by atomic mass is 10.1. The zero-order valence-electron chi connectivity index (χ0n) is 5.29. The maximum absolute atomic E-state index is 13.2. The van der Waals surface area contributed by atoms with Crippen LogP contribution in [0, 0.1) is 0 Å². The van der Waals surface area contributed by atoms with Crippen LogP contribution in [0.3, 0.4) is 0 Å². The number of hydrogen-bond donors (Lipinski definition) is 1. The molecule has 0 radical (unpaired) electrons. The van der Waals surface area contributed by atoms with Crippen LogP contribution in [0.4, 0.5) is 4.39 Å². The summed E-state index contributed by atoms with van der Waals surface area (Å²) in [6.07, 6.45) is 1.37. The quantitative estimate of drug-likeness (QED) is 0.542. The molecule has 0 atom stereocenters. The molecular formula is C6H11FIN. The van der Waals surface area contributed by atoms with E-state index < -0.39 is 24.4 Å². The van der Waals surface area contributed by atoms with Crippen molar-refractivity contribution in [3.8, 4) is 0 Å². The van der Waals surface area contributed by atoms with Crippen LogP contribution in [0.15, 0.2) is 0 Å². The van der Waals surface area contributed by atoms with Crippen LogP contribution >= 0.6 is 20.7 Å². The first-order valence-electron chi connectivity index (χ1n) is 3.06. The van der Waals surface area contributed by atoms with Crippen LogP contribution in [0.1, 0.15) is 12.8 Å². The van der Waals surface area contributed by atoms with Crippen LogP contribution < -0.4 is 5.32 Å². The van der Waals surface area contributed by atoms with E-state index in [9.17, 15) is 4.39 Å². The van der Waals surface area contributed by atoms with Gasteiger partial charge < -0.3 is 5.32 Å². The summed E-state index contributed by atoms with van der Waals surface area (Å²) in [6.45, 7) is 1.68. The number of hydrogen-bond acceptors (Lipinski definition) is 1. The van der Waals surface area contributed by atoms with Crippen molar-refractivity contribution in [3.63, 3.8) is 0 Å². The molecule has 9 heavy (non-hydrogen) atoms. The second kappa shape index (κ2) is 3.05. The van der Waals surface area contributed by atoms with Gasteiger partial charge in [-0.2, -0.15) is 0 Å². The molecular weight excluding hydrogens is 232 g/mol. The Labute approximate surface area is 64.8 Å². The van der Waals surface area contributed by atoms with Crippen molar-refractivity contribution in [2.75, 3.05) is 13.1 Å². The van der Waals surface area contributed by atoms with E-state index in [0.29, 0.717) is 12.8 Å². The molecule has 0 unspecified atom stereocenters. The molecule has 0 saturated carbocycles. The minimum atomic E-state index is -0.843. The van der Waals surface area contributed by atoms with Crippen molar-refractivity contribution in [3.05, 3.63) is 0 Å². The first-order valence-corrected chi connectivity index (χ1v) is 5.66. The summed E-state index contributed by atoms with van der Waals surface area (Å²) in [7, 11) is 0. The van der Waals surface area contributed by atoms with Gasteiger partial charge in [-0.1, -0.05) is 25.2 Å². The zero-order chi connectivity index (χ0) is 6.74. The molecule has 0 bridgehead atoms. The van der Waals surface area contributed by atoms with Crippen molar-refractivity contribution in [1.82, 2.24) is 5.32 Å². The van der Waals surface area contributed by atoms with Crippen molar-refractivity contribution >= 4 is 25.2 Å². The minimum Gasteiger partial charge on any atom is -0.316 e. The first-order chi connectivity index (χ1) is 4.27. The number of rotatable bonds is 1. The molecule has 0 aliphatic carbocycles. The highest BCUT2D eigenvalue weighted by Crippen LogP contribution is 2.33. The molecule has 1 fully saturated rings. The Hall–Kier alpha value is 0.490. The Bertz CT molecular complexity index is 110. The third-order valence-electron chi connectivity index (χ3n) is 1.57. The lowest BCUT2D eigenvalue weighted by molar-refractivity contribution is 0.243. The fourth-order valence-corrected chi connectivity index (χ4v) is 2.23. The SMILES string of the molecule is C=IC1(F)CCNCC1. The molecule has 0 spiro atoms. The van der Waals surface area contributed by atoms with E-state index in [1.807, 2.05) is 0 Å². The van der Waals surface area contributed by atoms with E-state index >= 15 is 0 Å². The summed E-state index contributed by atoms with van der Waals surface area (Å²) in [5.41, 5.74) is 0. The van der Waals surface area contributed by atoms with E-state index in [2.05, 4.69) is 9.83 Å². The maximum atomic E-state index is 13.2. The third kappa shape index (κ3) is 1.97. The van der Waals surface area contributed by atoms with Gasteiger partial charge in [0.1, 0.15) is 0 Å². The summed E-state index contributed by atoms with van der Waals surface area (Å²) in [4.78, 5) is 0. The number of nitrogens with one attached hydrogen (secondary N) is 1. The van der Waals surface area contributed by atoms with Gasteiger partial charge in [0.15, 0.2) is 3.68 Å². The summed E-state index contributed by atoms with van der Waals surface area (Å²) in [5.74, 6) is 0. The second-order valence-corrected chi connectivity index (χ2v) is 4.94. The van der Waals surface area contributed by atoms with Crippen molar-refractivity contribution < 1.29 is 4.39 Å². The zero-order valence-corrected chi connectivity index (χ0v) is 7.45. The van der Waals surface area contributed by atoms with Gasteiger partial charge in [0.05, 0.1) is 0 Å². The standard InChI is InChI=1S/C6H11FIN/c1-8-6(7)2-4-9-5-3-6/h9H,1-5H2. The van der Waals surface area contributed by atoms with Crippen molar-refractivity contribution in [2.24, 2.45) is 0 Å². The second-order valence-electron chi connectivity index (χ2n) is 2.24. The Morgan fingerprint density at radius 1 is 1.44 bits per heavy atom. The largest absolute Gasteiger partial charge is 0.316 e. The van der Waals surface area contributed by atoms with Gasteiger partial charge in [-0.3, -0.25) is 0 Å². The van der Waals surface area contributed by atoms with E-state index in [1.165, 1.54) is 0 Å². The highest BCUT2D eigenvalue weighted by Gasteiger charge is 2.28.